The maximum atomic E-state index is 11.4. The van der Waals surface area contributed by atoms with Crippen LogP contribution in [-0.4, -0.2) is 23.6 Å². The largest absolute Gasteiger partial charge is 0.464 e. The molecule has 0 spiro atoms. The Labute approximate surface area is 111 Å². The van der Waals surface area contributed by atoms with Crippen LogP contribution in [-0.2, 0) is 9.53 Å². The molecule has 0 amide bonds. The first-order valence-electron chi connectivity index (χ1n) is 4.78. The van der Waals surface area contributed by atoms with Crippen LogP contribution >= 0.6 is 31.9 Å². The molecule has 0 aliphatic rings. The van der Waals surface area contributed by atoms with E-state index in [-0.39, 0.29) is 5.97 Å². The van der Waals surface area contributed by atoms with Gasteiger partial charge in [0.15, 0.2) is 0 Å². The Morgan fingerprint density at radius 1 is 1.62 bits per heavy atom. The van der Waals surface area contributed by atoms with Gasteiger partial charge in [0, 0.05) is 10.7 Å². The Kier molecular flexibility index (Phi) is 5.21. The number of halogens is 2. The molecule has 1 unspecified atom stereocenters. The quantitative estimate of drug-likeness (QED) is 0.847. The SMILES string of the molecule is CCOC(=O)C(C)Nc1ncc(Br)cc1Br. The third-order valence-electron chi connectivity index (χ3n) is 1.80. The van der Waals surface area contributed by atoms with Gasteiger partial charge < -0.3 is 10.1 Å². The van der Waals surface area contributed by atoms with Crippen LogP contribution in [0.5, 0.6) is 0 Å². The highest BCUT2D eigenvalue weighted by Gasteiger charge is 2.15. The van der Waals surface area contributed by atoms with Crippen molar-refractivity contribution in [2.45, 2.75) is 19.9 Å². The van der Waals surface area contributed by atoms with Crippen LogP contribution in [0.2, 0.25) is 0 Å². The smallest absolute Gasteiger partial charge is 0.328 e. The number of anilines is 1. The molecule has 1 atom stereocenters. The number of carbonyl (C=O) groups is 1. The molecule has 0 saturated carbocycles. The van der Waals surface area contributed by atoms with Gasteiger partial charge >= 0.3 is 5.97 Å². The van der Waals surface area contributed by atoms with Crippen LogP contribution in [0.1, 0.15) is 13.8 Å². The highest BCUT2D eigenvalue weighted by molar-refractivity contribution is 9.11. The van der Waals surface area contributed by atoms with E-state index in [9.17, 15) is 4.79 Å². The number of aromatic nitrogens is 1. The molecule has 1 rings (SSSR count). The first-order chi connectivity index (χ1) is 7.54. The molecule has 0 aromatic carbocycles. The van der Waals surface area contributed by atoms with Gasteiger partial charge in [0.05, 0.1) is 11.1 Å². The lowest BCUT2D eigenvalue weighted by molar-refractivity contribution is -0.143. The van der Waals surface area contributed by atoms with E-state index in [4.69, 9.17) is 4.74 Å². The average Bonchev–Trinajstić information content (AvgIpc) is 2.22. The van der Waals surface area contributed by atoms with Crippen LogP contribution in [0.25, 0.3) is 0 Å². The lowest BCUT2D eigenvalue weighted by Crippen LogP contribution is -2.28. The molecule has 0 radical (unpaired) electrons. The summed E-state index contributed by atoms with van der Waals surface area (Å²) in [6.45, 7) is 3.88. The number of hydrogen-bond donors (Lipinski definition) is 1. The minimum absolute atomic E-state index is 0.292. The molecule has 1 aromatic heterocycles. The Morgan fingerprint density at radius 3 is 2.88 bits per heavy atom. The van der Waals surface area contributed by atoms with Gasteiger partial charge in [-0.2, -0.15) is 0 Å². The van der Waals surface area contributed by atoms with Crippen molar-refractivity contribution in [3.63, 3.8) is 0 Å². The zero-order valence-corrected chi connectivity index (χ0v) is 12.1. The topological polar surface area (TPSA) is 51.2 Å². The zero-order valence-electron chi connectivity index (χ0n) is 8.96. The van der Waals surface area contributed by atoms with E-state index in [1.165, 1.54) is 0 Å². The minimum atomic E-state index is -0.426. The van der Waals surface area contributed by atoms with Gasteiger partial charge in [-0.15, -0.1) is 0 Å². The molecule has 4 nitrogen and oxygen atoms in total. The Bertz CT molecular complexity index is 385. The molecule has 1 heterocycles. The monoisotopic (exact) mass is 350 g/mol. The van der Waals surface area contributed by atoms with Crippen LogP contribution in [0.4, 0.5) is 5.82 Å². The summed E-state index contributed by atoms with van der Waals surface area (Å²) in [5.74, 6) is 0.322. The van der Waals surface area contributed by atoms with Gasteiger partial charge in [0.25, 0.3) is 0 Å². The van der Waals surface area contributed by atoms with Crippen molar-refractivity contribution < 1.29 is 9.53 Å². The first kappa shape index (κ1) is 13.4. The molecule has 88 valence electrons. The van der Waals surface area contributed by atoms with Crippen molar-refractivity contribution in [1.29, 1.82) is 0 Å². The molecule has 0 aliphatic heterocycles. The molecular weight excluding hydrogens is 340 g/mol. The lowest BCUT2D eigenvalue weighted by atomic mass is 10.3. The van der Waals surface area contributed by atoms with Gasteiger partial charge in [0.1, 0.15) is 11.9 Å². The first-order valence-corrected chi connectivity index (χ1v) is 6.37. The van der Waals surface area contributed by atoms with Crippen LogP contribution in [0.15, 0.2) is 21.2 Å². The minimum Gasteiger partial charge on any atom is -0.464 e. The van der Waals surface area contributed by atoms with Gasteiger partial charge in [-0.05, 0) is 51.8 Å². The van der Waals surface area contributed by atoms with Crippen LogP contribution < -0.4 is 5.32 Å². The van der Waals surface area contributed by atoms with Crippen LogP contribution in [0, 0.1) is 0 Å². The number of esters is 1. The van der Waals surface area contributed by atoms with Crippen molar-refractivity contribution in [1.82, 2.24) is 4.98 Å². The Hall–Kier alpha value is -0.620. The normalized spacial score (nSPS) is 12.0. The molecular formula is C10H12Br2N2O2. The van der Waals surface area contributed by atoms with E-state index in [1.807, 2.05) is 6.07 Å². The summed E-state index contributed by atoms with van der Waals surface area (Å²) in [5.41, 5.74) is 0. The maximum Gasteiger partial charge on any atom is 0.328 e. The summed E-state index contributed by atoms with van der Waals surface area (Å²) in [6, 6.07) is 1.43. The van der Waals surface area contributed by atoms with Crippen molar-refractivity contribution in [3.05, 3.63) is 21.2 Å². The molecule has 1 aromatic rings. The lowest BCUT2D eigenvalue weighted by Gasteiger charge is -2.14. The Morgan fingerprint density at radius 2 is 2.31 bits per heavy atom. The highest BCUT2D eigenvalue weighted by atomic mass is 79.9. The number of ether oxygens (including phenoxy) is 1. The Balaban J connectivity index is 2.69. The fourth-order valence-electron chi connectivity index (χ4n) is 1.05. The summed E-state index contributed by atoms with van der Waals surface area (Å²) < 4.78 is 6.54. The van der Waals surface area contributed by atoms with Gasteiger partial charge in [-0.3, -0.25) is 0 Å². The third-order valence-corrected chi connectivity index (χ3v) is 2.84. The van der Waals surface area contributed by atoms with E-state index in [0.717, 1.165) is 8.95 Å². The second-order valence-corrected chi connectivity index (χ2v) is 4.87. The molecule has 0 aliphatic carbocycles. The number of carbonyl (C=O) groups excluding carboxylic acids is 1. The second-order valence-electron chi connectivity index (χ2n) is 3.10. The van der Waals surface area contributed by atoms with Gasteiger partial charge in [-0.1, -0.05) is 0 Å². The van der Waals surface area contributed by atoms with E-state index in [2.05, 4.69) is 42.2 Å². The molecule has 0 saturated heterocycles. The number of nitrogens with zero attached hydrogens (tertiary/aromatic N) is 1. The fourth-order valence-corrected chi connectivity index (χ4v) is 2.15. The number of rotatable bonds is 4. The molecule has 16 heavy (non-hydrogen) atoms. The maximum absolute atomic E-state index is 11.4. The third kappa shape index (κ3) is 3.75. The number of pyridine rings is 1. The highest BCUT2D eigenvalue weighted by Crippen LogP contribution is 2.23. The van der Waals surface area contributed by atoms with E-state index in [0.29, 0.717) is 12.4 Å². The fraction of sp³-hybridized carbons (Fsp3) is 0.400. The number of nitrogens with one attached hydrogen (secondary N) is 1. The van der Waals surface area contributed by atoms with E-state index in [1.54, 1.807) is 20.0 Å². The molecule has 1 N–H and O–H groups in total. The molecule has 0 fully saturated rings. The van der Waals surface area contributed by atoms with Crippen molar-refractivity contribution in [3.8, 4) is 0 Å². The predicted octanol–water partition coefficient (Wildman–Crippen LogP) is 2.97. The van der Waals surface area contributed by atoms with Gasteiger partial charge in [-0.25, -0.2) is 9.78 Å². The zero-order chi connectivity index (χ0) is 12.1. The molecule has 6 heteroatoms. The van der Waals surface area contributed by atoms with Crippen molar-refractivity contribution >= 4 is 43.6 Å². The van der Waals surface area contributed by atoms with Crippen LogP contribution in [0.3, 0.4) is 0 Å². The molecule has 0 bridgehead atoms. The summed E-state index contributed by atoms with van der Waals surface area (Å²) in [4.78, 5) is 15.5. The second kappa shape index (κ2) is 6.20. The van der Waals surface area contributed by atoms with E-state index < -0.39 is 6.04 Å². The predicted molar refractivity (Wildman–Crippen MR) is 69.4 cm³/mol. The summed E-state index contributed by atoms with van der Waals surface area (Å²) in [6.07, 6.45) is 1.66. The van der Waals surface area contributed by atoms with Crippen molar-refractivity contribution in [2.75, 3.05) is 11.9 Å². The summed E-state index contributed by atoms with van der Waals surface area (Å²) in [5, 5.41) is 2.97. The van der Waals surface area contributed by atoms with E-state index >= 15 is 0 Å². The standard InChI is InChI=1S/C10H12Br2N2O2/c1-3-16-10(15)6(2)14-9-8(12)4-7(11)5-13-9/h4-6H,3H2,1-2H3,(H,13,14). The average molecular weight is 352 g/mol. The summed E-state index contributed by atoms with van der Waals surface area (Å²) >= 11 is 6.66. The van der Waals surface area contributed by atoms with Crippen molar-refractivity contribution in [2.24, 2.45) is 0 Å². The summed E-state index contributed by atoms with van der Waals surface area (Å²) in [7, 11) is 0. The van der Waals surface area contributed by atoms with Gasteiger partial charge in [0.2, 0.25) is 0 Å². The number of hydrogen-bond acceptors (Lipinski definition) is 4.